The van der Waals surface area contributed by atoms with Gasteiger partial charge in [-0.05, 0) is 52.0 Å². The quantitative estimate of drug-likeness (QED) is 0.392. The molecule has 1 aromatic rings. The molecular formula is C22H29F3O5. The van der Waals surface area contributed by atoms with Crippen molar-refractivity contribution in [3.63, 3.8) is 0 Å². The first kappa shape index (κ1) is 25.5. The fourth-order valence-corrected chi connectivity index (χ4v) is 2.49. The standard InChI is InChI=1S/C22H29F3O5/c1-7-8-18(29-17-11-9-16(10-12-17)22(23,24)25)15(3)28-20(27)14(2)13-19(26)30-21(4,5)6/h7,9-12,14-15,18H,1,8,13H2,2-6H3/t14-,15+,18-/m1/s1. The zero-order valence-electron chi connectivity index (χ0n) is 17.9. The second kappa shape index (κ2) is 10.5. The summed E-state index contributed by atoms with van der Waals surface area (Å²) in [5.41, 5.74) is -1.44. The normalized spacial score (nSPS) is 14.9. The molecule has 0 unspecified atom stereocenters. The maximum absolute atomic E-state index is 12.7. The highest BCUT2D eigenvalue weighted by Gasteiger charge is 2.31. The fourth-order valence-electron chi connectivity index (χ4n) is 2.49. The first-order chi connectivity index (χ1) is 13.7. The van der Waals surface area contributed by atoms with E-state index in [2.05, 4.69) is 6.58 Å². The molecular weight excluding hydrogens is 401 g/mol. The van der Waals surface area contributed by atoms with Gasteiger partial charge in [0, 0.05) is 6.42 Å². The molecule has 0 N–H and O–H groups in total. The number of carbonyl (C=O) groups is 2. The summed E-state index contributed by atoms with van der Waals surface area (Å²) in [6.45, 7) is 12.0. The van der Waals surface area contributed by atoms with Gasteiger partial charge in [-0.2, -0.15) is 13.2 Å². The van der Waals surface area contributed by atoms with E-state index < -0.39 is 47.4 Å². The molecule has 30 heavy (non-hydrogen) atoms. The van der Waals surface area contributed by atoms with E-state index in [0.717, 1.165) is 12.1 Å². The molecule has 168 valence electrons. The lowest BCUT2D eigenvalue weighted by Gasteiger charge is -2.26. The number of rotatable bonds is 9. The maximum atomic E-state index is 12.7. The first-order valence-electron chi connectivity index (χ1n) is 9.60. The minimum atomic E-state index is -4.44. The molecule has 0 bridgehead atoms. The predicted molar refractivity (Wildman–Crippen MR) is 106 cm³/mol. The summed E-state index contributed by atoms with van der Waals surface area (Å²) in [6.07, 6.45) is -4.09. The number of esters is 2. The Labute approximate surface area is 175 Å². The van der Waals surface area contributed by atoms with Crippen molar-refractivity contribution in [2.75, 3.05) is 0 Å². The van der Waals surface area contributed by atoms with Gasteiger partial charge in [0.1, 0.15) is 23.6 Å². The molecule has 0 saturated heterocycles. The lowest BCUT2D eigenvalue weighted by Crippen LogP contribution is -2.35. The molecule has 0 aliphatic heterocycles. The molecule has 0 spiro atoms. The van der Waals surface area contributed by atoms with Crippen LogP contribution in [0, 0.1) is 5.92 Å². The number of benzene rings is 1. The number of ether oxygens (including phenoxy) is 3. The van der Waals surface area contributed by atoms with Crippen LogP contribution >= 0.6 is 0 Å². The van der Waals surface area contributed by atoms with Crippen LogP contribution in [0.1, 0.15) is 53.0 Å². The van der Waals surface area contributed by atoms with E-state index in [9.17, 15) is 22.8 Å². The van der Waals surface area contributed by atoms with Crippen molar-refractivity contribution < 1.29 is 37.0 Å². The number of carbonyl (C=O) groups excluding carboxylic acids is 2. The highest BCUT2D eigenvalue weighted by Crippen LogP contribution is 2.30. The summed E-state index contributed by atoms with van der Waals surface area (Å²) in [5, 5.41) is 0. The molecule has 0 saturated carbocycles. The summed E-state index contributed by atoms with van der Waals surface area (Å²) in [5.74, 6) is -1.63. The molecule has 0 fully saturated rings. The van der Waals surface area contributed by atoms with E-state index in [-0.39, 0.29) is 12.2 Å². The fraction of sp³-hybridized carbons (Fsp3) is 0.545. The van der Waals surface area contributed by atoms with Gasteiger partial charge < -0.3 is 14.2 Å². The summed E-state index contributed by atoms with van der Waals surface area (Å²) in [4.78, 5) is 24.2. The Hall–Kier alpha value is -2.51. The molecule has 0 aliphatic rings. The highest BCUT2D eigenvalue weighted by molar-refractivity contribution is 5.79. The zero-order valence-corrected chi connectivity index (χ0v) is 17.9. The van der Waals surface area contributed by atoms with Gasteiger partial charge in [-0.1, -0.05) is 13.0 Å². The van der Waals surface area contributed by atoms with Gasteiger partial charge in [0.05, 0.1) is 17.9 Å². The van der Waals surface area contributed by atoms with Crippen LogP contribution in [0.25, 0.3) is 0 Å². The van der Waals surface area contributed by atoms with Crippen molar-refractivity contribution >= 4 is 11.9 Å². The third-order valence-electron chi connectivity index (χ3n) is 3.99. The van der Waals surface area contributed by atoms with E-state index >= 15 is 0 Å². The molecule has 3 atom stereocenters. The van der Waals surface area contributed by atoms with Crippen molar-refractivity contribution in [2.45, 2.75) is 71.4 Å². The number of alkyl halides is 3. The zero-order chi connectivity index (χ0) is 23.1. The third-order valence-corrected chi connectivity index (χ3v) is 3.99. The maximum Gasteiger partial charge on any atom is 0.416 e. The highest BCUT2D eigenvalue weighted by atomic mass is 19.4. The van der Waals surface area contributed by atoms with Gasteiger partial charge in [-0.3, -0.25) is 9.59 Å². The largest absolute Gasteiger partial charge is 0.486 e. The number of halogens is 3. The van der Waals surface area contributed by atoms with Crippen molar-refractivity contribution in [2.24, 2.45) is 5.92 Å². The van der Waals surface area contributed by atoms with Crippen LogP contribution in [0.4, 0.5) is 13.2 Å². The van der Waals surface area contributed by atoms with Crippen LogP contribution in [0.2, 0.25) is 0 Å². The van der Waals surface area contributed by atoms with Crippen LogP contribution < -0.4 is 4.74 Å². The van der Waals surface area contributed by atoms with Crippen molar-refractivity contribution in [1.82, 2.24) is 0 Å². The Morgan fingerprint density at radius 1 is 1.10 bits per heavy atom. The van der Waals surface area contributed by atoms with E-state index in [1.807, 2.05) is 0 Å². The van der Waals surface area contributed by atoms with Gasteiger partial charge in [0.2, 0.25) is 0 Å². The molecule has 1 rings (SSSR count). The summed E-state index contributed by atoms with van der Waals surface area (Å²) < 4.78 is 54.4. The second-order valence-corrected chi connectivity index (χ2v) is 8.04. The molecule has 0 aromatic heterocycles. The molecule has 0 radical (unpaired) electrons. The van der Waals surface area contributed by atoms with Gasteiger partial charge in [0.15, 0.2) is 0 Å². The average Bonchev–Trinajstić information content (AvgIpc) is 2.59. The Kier molecular flexibility index (Phi) is 8.93. The molecule has 0 heterocycles. The Balaban J connectivity index is 2.72. The average molecular weight is 430 g/mol. The monoisotopic (exact) mass is 430 g/mol. The first-order valence-corrected chi connectivity index (χ1v) is 9.60. The van der Waals surface area contributed by atoms with Crippen molar-refractivity contribution in [3.8, 4) is 5.75 Å². The summed E-state index contributed by atoms with van der Waals surface area (Å²) in [7, 11) is 0. The van der Waals surface area contributed by atoms with E-state index in [0.29, 0.717) is 6.42 Å². The minimum Gasteiger partial charge on any atom is -0.486 e. The Bertz CT molecular complexity index is 720. The van der Waals surface area contributed by atoms with Crippen LogP contribution in [0.15, 0.2) is 36.9 Å². The molecule has 0 amide bonds. The molecule has 5 nitrogen and oxygen atoms in total. The summed E-state index contributed by atoms with van der Waals surface area (Å²) in [6, 6.07) is 4.25. The van der Waals surface area contributed by atoms with E-state index in [4.69, 9.17) is 14.2 Å². The summed E-state index contributed by atoms with van der Waals surface area (Å²) >= 11 is 0. The Morgan fingerprint density at radius 3 is 2.13 bits per heavy atom. The minimum absolute atomic E-state index is 0.130. The van der Waals surface area contributed by atoms with Crippen LogP contribution in [0.5, 0.6) is 5.75 Å². The third kappa shape index (κ3) is 8.88. The topological polar surface area (TPSA) is 61.8 Å². The SMILES string of the molecule is C=CC[C@@H](Oc1ccc(C(F)(F)F)cc1)[C@H](C)OC(=O)[C@H](C)CC(=O)OC(C)(C)C. The number of hydrogen-bond donors (Lipinski definition) is 0. The molecule has 1 aromatic carbocycles. The second-order valence-electron chi connectivity index (χ2n) is 8.04. The Morgan fingerprint density at radius 2 is 1.67 bits per heavy atom. The predicted octanol–water partition coefficient (Wildman–Crippen LogP) is 5.33. The van der Waals surface area contributed by atoms with Gasteiger partial charge in [-0.25, -0.2) is 0 Å². The smallest absolute Gasteiger partial charge is 0.416 e. The lowest BCUT2D eigenvalue weighted by atomic mass is 10.1. The van der Waals surface area contributed by atoms with Crippen LogP contribution in [0.3, 0.4) is 0 Å². The molecule has 8 heteroatoms. The van der Waals surface area contributed by atoms with Crippen molar-refractivity contribution in [1.29, 1.82) is 0 Å². The van der Waals surface area contributed by atoms with Crippen LogP contribution in [-0.2, 0) is 25.2 Å². The van der Waals surface area contributed by atoms with E-state index in [1.54, 1.807) is 40.7 Å². The van der Waals surface area contributed by atoms with Gasteiger partial charge in [0.25, 0.3) is 0 Å². The molecule has 0 aliphatic carbocycles. The van der Waals surface area contributed by atoms with Gasteiger partial charge in [-0.15, -0.1) is 6.58 Å². The van der Waals surface area contributed by atoms with E-state index in [1.165, 1.54) is 12.1 Å². The lowest BCUT2D eigenvalue weighted by molar-refractivity contribution is -0.165. The van der Waals surface area contributed by atoms with Crippen molar-refractivity contribution in [3.05, 3.63) is 42.5 Å². The van der Waals surface area contributed by atoms with Crippen LogP contribution in [-0.4, -0.2) is 29.7 Å². The number of hydrogen-bond acceptors (Lipinski definition) is 5. The van der Waals surface area contributed by atoms with Gasteiger partial charge >= 0.3 is 18.1 Å².